The number of aromatic nitrogens is 1. The first-order valence-corrected chi connectivity index (χ1v) is 6.76. The zero-order valence-electron chi connectivity index (χ0n) is 12.3. The van der Waals surface area contributed by atoms with Crippen molar-refractivity contribution < 1.29 is 14.9 Å². The van der Waals surface area contributed by atoms with Crippen LogP contribution in [0.2, 0.25) is 0 Å². The van der Waals surface area contributed by atoms with Crippen molar-refractivity contribution in [3.63, 3.8) is 0 Å². The molecule has 21 heavy (non-hydrogen) atoms. The summed E-state index contributed by atoms with van der Waals surface area (Å²) in [4.78, 5) is 4.04. The van der Waals surface area contributed by atoms with Crippen LogP contribution in [0.4, 0.5) is 0 Å². The highest BCUT2D eigenvalue weighted by atomic mass is 16.5. The molecule has 0 aliphatic heterocycles. The van der Waals surface area contributed by atoms with Gasteiger partial charge in [0.2, 0.25) is 0 Å². The maximum Gasteiger partial charge on any atom is 0.141 e. The van der Waals surface area contributed by atoms with Crippen molar-refractivity contribution in [3.05, 3.63) is 52.8 Å². The van der Waals surface area contributed by atoms with Crippen LogP contribution >= 0.6 is 0 Å². The lowest BCUT2D eigenvalue weighted by Gasteiger charge is -2.12. The topological polar surface area (TPSA) is 74.6 Å². The van der Waals surface area contributed by atoms with Crippen LogP contribution in [-0.4, -0.2) is 22.3 Å². The van der Waals surface area contributed by atoms with Crippen molar-refractivity contribution >= 4 is 0 Å². The Bertz CT molecular complexity index is 597. The summed E-state index contributed by atoms with van der Waals surface area (Å²) in [7, 11) is 1.64. The first-order valence-electron chi connectivity index (χ1n) is 6.76. The molecule has 0 aliphatic carbocycles. The summed E-state index contributed by atoms with van der Waals surface area (Å²) in [6.45, 7) is 2.73. The third-order valence-corrected chi connectivity index (χ3v) is 3.39. The van der Waals surface area contributed by atoms with Crippen molar-refractivity contribution in [1.29, 1.82) is 0 Å². The third-order valence-electron chi connectivity index (χ3n) is 3.39. The SMILES string of the molecule is COc1ccc(CNCc2c(CO)cnc(C)c2O)cc1. The van der Waals surface area contributed by atoms with E-state index in [1.165, 1.54) is 0 Å². The van der Waals surface area contributed by atoms with Gasteiger partial charge in [-0.1, -0.05) is 12.1 Å². The summed E-state index contributed by atoms with van der Waals surface area (Å²) >= 11 is 0. The van der Waals surface area contributed by atoms with Crippen LogP contribution in [-0.2, 0) is 19.7 Å². The van der Waals surface area contributed by atoms with E-state index < -0.39 is 0 Å². The first-order chi connectivity index (χ1) is 10.2. The number of aliphatic hydroxyl groups is 1. The quantitative estimate of drug-likeness (QED) is 0.757. The van der Waals surface area contributed by atoms with Crippen LogP contribution in [0.5, 0.6) is 11.5 Å². The molecule has 0 unspecified atom stereocenters. The number of hydrogen-bond donors (Lipinski definition) is 3. The minimum absolute atomic E-state index is 0.139. The summed E-state index contributed by atoms with van der Waals surface area (Å²) in [5.41, 5.74) is 3.01. The van der Waals surface area contributed by atoms with Crippen molar-refractivity contribution in [2.24, 2.45) is 0 Å². The molecule has 1 aromatic heterocycles. The van der Waals surface area contributed by atoms with Crippen molar-refractivity contribution in [1.82, 2.24) is 10.3 Å². The number of pyridine rings is 1. The predicted octanol–water partition coefficient (Wildman–Crippen LogP) is 1.89. The largest absolute Gasteiger partial charge is 0.506 e. The number of ether oxygens (including phenoxy) is 1. The standard InChI is InChI=1S/C16H20N2O3/c1-11-16(20)15(13(10-19)8-18-11)9-17-7-12-3-5-14(21-2)6-4-12/h3-6,8,17,19-20H,7,9-10H2,1-2H3. The predicted molar refractivity (Wildman–Crippen MR) is 80.1 cm³/mol. The number of aryl methyl sites for hydroxylation is 1. The minimum Gasteiger partial charge on any atom is -0.506 e. The average Bonchev–Trinajstić information content (AvgIpc) is 2.52. The number of nitrogens with zero attached hydrogens (tertiary/aromatic N) is 1. The zero-order valence-corrected chi connectivity index (χ0v) is 12.3. The summed E-state index contributed by atoms with van der Waals surface area (Å²) in [5, 5.41) is 22.6. The fourth-order valence-corrected chi connectivity index (χ4v) is 2.09. The molecule has 0 saturated heterocycles. The lowest BCUT2D eigenvalue weighted by Crippen LogP contribution is -2.15. The van der Waals surface area contributed by atoms with Gasteiger partial charge in [-0.25, -0.2) is 0 Å². The van der Waals surface area contributed by atoms with Gasteiger partial charge < -0.3 is 20.3 Å². The fourth-order valence-electron chi connectivity index (χ4n) is 2.09. The molecule has 5 nitrogen and oxygen atoms in total. The molecular formula is C16H20N2O3. The molecule has 0 fully saturated rings. The molecule has 0 bridgehead atoms. The number of nitrogens with one attached hydrogen (secondary N) is 1. The molecule has 3 N–H and O–H groups in total. The monoisotopic (exact) mass is 288 g/mol. The summed E-state index contributed by atoms with van der Waals surface area (Å²) in [5.74, 6) is 0.965. The van der Waals surface area contributed by atoms with Gasteiger partial charge in [-0.3, -0.25) is 4.98 Å². The average molecular weight is 288 g/mol. The summed E-state index contributed by atoms with van der Waals surface area (Å²) in [6, 6.07) is 7.78. The van der Waals surface area contributed by atoms with E-state index in [0.29, 0.717) is 29.9 Å². The van der Waals surface area contributed by atoms with Gasteiger partial charge in [-0.15, -0.1) is 0 Å². The van der Waals surface area contributed by atoms with Gasteiger partial charge in [0.05, 0.1) is 19.4 Å². The maximum absolute atomic E-state index is 10.0. The van der Waals surface area contributed by atoms with Gasteiger partial charge in [0.1, 0.15) is 11.5 Å². The van der Waals surface area contributed by atoms with Crippen molar-refractivity contribution in [3.8, 4) is 11.5 Å². The van der Waals surface area contributed by atoms with E-state index >= 15 is 0 Å². The van der Waals surface area contributed by atoms with E-state index in [1.54, 1.807) is 20.2 Å². The number of methoxy groups -OCH3 is 1. The van der Waals surface area contributed by atoms with E-state index in [2.05, 4.69) is 10.3 Å². The Balaban J connectivity index is 2.01. The Hall–Kier alpha value is -2.11. The van der Waals surface area contributed by atoms with Gasteiger partial charge in [-0.2, -0.15) is 0 Å². The van der Waals surface area contributed by atoms with Crippen LogP contribution in [0.1, 0.15) is 22.4 Å². The van der Waals surface area contributed by atoms with Gasteiger partial charge in [0, 0.05) is 30.4 Å². The lowest BCUT2D eigenvalue weighted by molar-refractivity contribution is 0.278. The number of aliphatic hydroxyl groups excluding tert-OH is 1. The van der Waals surface area contributed by atoms with Crippen LogP contribution in [0.25, 0.3) is 0 Å². The normalized spacial score (nSPS) is 10.6. The molecule has 1 heterocycles. The molecule has 0 spiro atoms. The Morgan fingerprint density at radius 3 is 2.52 bits per heavy atom. The molecule has 5 heteroatoms. The highest BCUT2D eigenvalue weighted by Gasteiger charge is 2.10. The number of benzene rings is 1. The molecule has 2 aromatic rings. The van der Waals surface area contributed by atoms with Gasteiger partial charge in [0.25, 0.3) is 0 Å². The van der Waals surface area contributed by atoms with Crippen LogP contribution in [0, 0.1) is 6.92 Å². The minimum atomic E-state index is -0.139. The second kappa shape index (κ2) is 7.06. The van der Waals surface area contributed by atoms with Crippen LogP contribution < -0.4 is 10.1 Å². The molecule has 0 saturated carbocycles. The lowest BCUT2D eigenvalue weighted by atomic mass is 10.1. The van der Waals surface area contributed by atoms with Crippen molar-refractivity contribution in [2.75, 3.05) is 7.11 Å². The molecular weight excluding hydrogens is 268 g/mol. The Labute approximate surface area is 124 Å². The Morgan fingerprint density at radius 1 is 1.19 bits per heavy atom. The van der Waals surface area contributed by atoms with Crippen LogP contribution in [0.3, 0.4) is 0 Å². The third kappa shape index (κ3) is 3.71. The molecule has 0 aliphatic rings. The first kappa shape index (κ1) is 15.3. The van der Waals surface area contributed by atoms with E-state index in [0.717, 1.165) is 11.3 Å². The molecule has 112 valence electrons. The fraction of sp³-hybridized carbons (Fsp3) is 0.312. The molecule has 0 amide bonds. The van der Waals surface area contributed by atoms with Gasteiger partial charge >= 0.3 is 0 Å². The van der Waals surface area contributed by atoms with E-state index in [4.69, 9.17) is 4.74 Å². The highest BCUT2D eigenvalue weighted by molar-refractivity contribution is 5.40. The second-order valence-electron chi connectivity index (χ2n) is 4.81. The molecule has 1 aromatic carbocycles. The number of rotatable bonds is 6. The maximum atomic E-state index is 10.0. The molecule has 0 atom stereocenters. The van der Waals surface area contributed by atoms with Gasteiger partial charge in [-0.05, 0) is 24.6 Å². The summed E-state index contributed by atoms with van der Waals surface area (Å²) in [6.07, 6.45) is 1.60. The van der Waals surface area contributed by atoms with Gasteiger partial charge in [0.15, 0.2) is 0 Å². The van der Waals surface area contributed by atoms with E-state index in [9.17, 15) is 10.2 Å². The number of aromatic hydroxyl groups is 1. The van der Waals surface area contributed by atoms with E-state index in [-0.39, 0.29) is 12.4 Å². The van der Waals surface area contributed by atoms with Crippen molar-refractivity contribution in [2.45, 2.75) is 26.6 Å². The number of hydrogen-bond acceptors (Lipinski definition) is 5. The summed E-state index contributed by atoms with van der Waals surface area (Å²) < 4.78 is 5.11. The highest BCUT2D eigenvalue weighted by Crippen LogP contribution is 2.23. The zero-order chi connectivity index (χ0) is 15.2. The second-order valence-corrected chi connectivity index (χ2v) is 4.81. The molecule has 2 rings (SSSR count). The Kier molecular flexibility index (Phi) is 5.14. The van der Waals surface area contributed by atoms with Crippen LogP contribution in [0.15, 0.2) is 30.5 Å². The Morgan fingerprint density at radius 2 is 1.90 bits per heavy atom. The van der Waals surface area contributed by atoms with E-state index in [1.807, 2.05) is 24.3 Å². The molecule has 0 radical (unpaired) electrons. The smallest absolute Gasteiger partial charge is 0.141 e.